The van der Waals surface area contributed by atoms with Crippen LogP contribution in [-0.4, -0.2) is 15.6 Å². The van der Waals surface area contributed by atoms with Crippen LogP contribution in [0.3, 0.4) is 0 Å². The molecule has 1 aromatic carbocycles. The maximum Gasteiger partial charge on any atom is 0.277 e. The van der Waals surface area contributed by atoms with Crippen molar-refractivity contribution in [2.24, 2.45) is 5.73 Å². The fourth-order valence-electron chi connectivity index (χ4n) is 1.96. The Morgan fingerprint density at radius 1 is 1.35 bits per heavy atom. The Bertz CT molecular complexity index is 686. The van der Waals surface area contributed by atoms with Crippen LogP contribution in [-0.2, 0) is 6.54 Å². The van der Waals surface area contributed by atoms with Crippen LogP contribution in [0, 0.1) is 12.3 Å². The fraction of sp³-hybridized carbons (Fsp3) is 0.267. The summed E-state index contributed by atoms with van der Waals surface area (Å²) in [5.41, 5.74) is 8.10. The first-order chi connectivity index (χ1) is 9.52. The first-order valence-electron chi connectivity index (χ1n) is 6.56. The van der Waals surface area contributed by atoms with Gasteiger partial charge in [0.2, 0.25) is 0 Å². The highest BCUT2D eigenvalue weighted by molar-refractivity contribution is 5.95. The summed E-state index contributed by atoms with van der Waals surface area (Å²) in [7, 11) is 0. The maximum atomic E-state index is 12.1. The van der Waals surface area contributed by atoms with Crippen LogP contribution in [0.2, 0.25) is 0 Å². The van der Waals surface area contributed by atoms with Crippen LogP contribution in [0.15, 0.2) is 35.1 Å². The Hall–Kier alpha value is -2.43. The summed E-state index contributed by atoms with van der Waals surface area (Å²) in [6.45, 7) is 4.50. The van der Waals surface area contributed by atoms with E-state index in [0.29, 0.717) is 12.2 Å². The number of hydrogen-bond donors (Lipinski definition) is 2. The van der Waals surface area contributed by atoms with Crippen LogP contribution in [0.5, 0.6) is 0 Å². The second kappa shape index (κ2) is 5.69. The van der Waals surface area contributed by atoms with Crippen molar-refractivity contribution in [1.29, 1.82) is 5.41 Å². The zero-order valence-electron chi connectivity index (χ0n) is 11.7. The van der Waals surface area contributed by atoms with E-state index in [2.05, 4.69) is 5.10 Å². The summed E-state index contributed by atoms with van der Waals surface area (Å²) in [5, 5.41) is 11.9. The van der Waals surface area contributed by atoms with Crippen LogP contribution >= 0.6 is 0 Å². The van der Waals surface area contributed by atoms with Gasteiger partial charge in [0.1, 0.15) is 5.84 Å². The normalized spacial score (nSPS) is 10.5. The van der Waals surface area contributed by atoms with Crippen molar-refractivity contribution in [1.82, 2.24) is 9.78 Å². The molecule has 2 aromatic rings. The van der Waals surface area contributed by atoms with Gasteiger partial charge in [0.05, 0.1) is 11.3 Å². The number of nitrogens with zero attached hydrogens (tertiary/aromatic N) is 2. The summed E-state index contributed by atoms with van der Waals surface area (Å²) in [5.74, 6) is -0.226. The number of rotatable bonds is 4. The van der Waals surface area contributed by atoms with E-state index in [-0.39, 0.29) is 17.0 Å². The second-order valence-electron chi connectivity index (χ2n) is 4.75. The lowest BCUT2D eigenvalue weighted by Crippen LogP contribution is -2.31. The van der Waals surface area contributed by atoms with E-state index < -0.39 is 0 Å². The molecule has 0 aliphatic rings. The van der Waals surface area contributed by atoms with Gasteiger partial charge in [0, 0.05) is 12.1 Å². The molecule has 0 spiro atoms. The van der Waals surface area contributed by atoms with E-state index in [1.54, 1.807) is 6.07 Å². The van der Waals surface area contributed by atoms with E-state index >= 15 is 0 Å². The van der Waals surface area contributed by atoms with E-state index in [0.717, 1.165) is 17.5 Å². The lowest BCUT2D eigenvalue weighted by Gasteiger charge is -2.09. The topological polar surface area (TPSA) is 84.8 Å². The smallest absolute Gasteiger partial charge is 0.277 e. The molecule has 0 fully saturated rings. The average molecular weight is 270 g/mol. The van der Waals surface area contributed by atoms with Crippen molar-refractivity contribution in [2.45, 2.75) is 26.8 Å². The van der Waals surface area contributed by atoms with Crippen molar-refractivity contribution in [3.05, 3.63) is 51.8 Å². The van der Waals surface area contributed by atoms with Gasteiger partial charge in [-0.2, -0.15) is 5.10 Å². The highest BCUT2D eigenvalue weighted by atomic mass is 16.1. The van der Waals surface area contributed by atoms with Gasteiger partial charge in [-0.15, -0.1) is 0 Å². The first-order valence-corrected chi connectivity index (χ1v) is 6.56. The monoisotopic (exact) mass is 270 g/mol. The lowest BCUT2D eigenvalue weighted by atomic mass is 10.1. The molecular weight excluding hydrogens is 252 g/mol. The maximum absolute atomic E-state index is 12.1. The molecule has 1 heterocycles. The number of nitrogen functional groups attached to an aromatic ring is 1. The van der Waals surface area contributed by atoms with Gasteiger partial charge in [0.15, 0.2) is 0 Å². The predicted octanol–water partition coefficient (Wildman–Crippen LogP) is 1.91. The number of amidine groups is 1. The van der Waals surface area contributed by atoms with Gasteiger partial charge in [-0.25, -0.2) is 4.68 Å². The van der Waals surface area contributed by atoms with Crippen molar-refractivity contribution in [3.63, 3.8) is 0 Å². The van der Waals surface area contributed by atoms with Crippen molar-refractivity contribution >= 4 is 5.84 Å². The molecule has 0 bridgehead atoms. The molecule has 0 saturated heterocycles. The Balaban J connectivity index is 2.61. The molecule has 0 aliphatic carbocycles. The van der Waals surface area contributed by atoms with E-state index in [9.17, 15) is 4.79 Å². The minimum Gasteiger partial charge on any atom is -0.384 e. The van der Waals surface area contributed by atoms with E-state index in [1.807, 2.05) is 38.1 Å². The minimum absolute atomic E-state index is 0.198. The average Bonchev–Trinajstić information content (AvgIpc) is 2.42. The Kier molecular flexibility index (Phi) is 3.98. The summed E-state index contributed by atoms with van der Waals surface area (Å²) < 4.78 is 1.38. The van der Waals surface area contributed by atoms with Crippen LogP contribution in [0.1, 0.15) is 24.5 Å². The summed E-state index contributed by atoms with van der Waals surface area (Å²) in [6, 6.07) is 9.45. The Labute approximate surface area is 117 Å². The van der Waals surface area contributed by atoms with Crippen LogP contribution < -0.4 is 11.3 Å². The quantitative estimate of drug-likeness (QED) is 0.657. The molecule has 1 aromatic heterocycles. The molecule has 2 rings (SSSR count). The predicted molar refractivity (Wildman–Crippen MR) is 80.0 cm³/mol. The molecule has 3 N–H and O–H groups in total. The molecule has 5 nitrogen and oxygen atoms in total. The number of hydrogen-bond acceptors (Lipinski definition) is 3. The molecule has 0 amide bonds. The molecule has 0 radical (unpaired) electrons. The van der Waals surface area contributed by atoms with Gasteiger partial charge >= 0.3 is 0 Å². The number of aryl methyl sites for hydroxylation is 2. The molecule has 104 valence electrons. The van der Waals surface area contributed by atoms with Crippen molar-refractivity contribution in [3.8, 4) is 11.3 Å². The number of benzene rings is 1. The SMILES string of the molecule is CCCn1nc(-c2ccc(C)cc2)cc(C(=N)N)c1=O. The third-order valence-electron chi connectivity index (χ3n) is 3.05. The summed E-state index contributed by atoms with van der Waals surface area (Å²) in [6.07, 6.45) is 0.793. The van der Waals surface area contributed by atoms with Gasteiger partial charge in [-0.05, 0) is 19.4 Å². The number of nitrogens with one attached hydrogen (secondary N) is 1. The minimum atomic E-state index is -0.310. The molecule has 5 heteroatoms. The Morgan fingerprint density at radius 2 is 2.00 bits per heavy atom. The molecule has 0 atom stereocenters. The zero-order valence-corrected chi connectivity index (χ0v) is 11.7. The van der Waals surface area contributed by atoms with Gasteiger partial charge in [-0.1, -0.05) is 36.8 Å². The van der Waals surface area contributed by atoms with Gasteiger partial charge < -0.3 is 5.73 Å². The third-order valence-corrected chi connectivity index (χ3v) is 3.05. The van der Waals surface area contributed by atoms with Crippen LogP contribution in [0.4, 0.5) is 0 Å². The van der Waals surface area contributed by atoms with Crippen molar-refractivity contribution in [2.75, 3.05) is 0 Å². The Morgan fingerprint density at radius 3 is 2.55 bits per heavy atom. The van der Waals surface area contributed by atoms with Gasteiger partial charge in [-0.3, -0.25) is 10.2 Å². The number of nitrogens with two attached hydrogens (primary N) is 1. The first kappa shape index (κ1) is 14.0. The molecular formula is C15H18N4O. The fourth-order valence-corrected chi connectivity index (χ4v) is 1.96. The van der Waals surface area contributed by atoms with Gasteiger partial charge in [0.25, 0.3) is 5.56 Å². The molecule has 20 heavy (non-hydrogen) atoms. The summed E-state index contributed by atoms with van der Waals surface area (Å²) in [4.78, 5) is 12.1. The van der Waals surface area contributed by atoms with E-state index in [1.165, 1.54) is 4.68 Å². The van der Waals surface area contributed by atoms with Crippen LogP contribution in [0.25, 0.3) is 11.3 Å². The standard InChI is InChI=1S/C15H18N4O/c1-3-8-19-15(20)12(14(16)17)9-13(18-19)11-6-4-10(2)5-7-11/h4-7,9H,3,8H2,1-2H3,(H3,16,17). The molecule has 0 saturated carbocycles. The lowest BCUT2D eigenvalue weighted by molar-refractivity contribution is 0.569. The zero-order chi connectivity index (χ0) is 14.7. The highest BCUT2D eigenvalue weighted by Crippen LogP contribution is 2.17. The molecule has 0 aliphatic heterocycles. The molecule has 0 unspecified atom stereocenters. The second-order valence-corrected chi connectivity index (χ2v) is 4.75. The highest BCUT2D eigenvalue weighted by Gasteiger charge is 2.11. The largest absolute Gasteiger partial charge is 0.384 e. The number of aromatic nitrogens is 2. The summed E-state index contributed by atoms with van der Waals surface area (Å²) >= 11 is 0. The van der Waals surface area contributed by atoms with Crippen molar-refractivity contribution < 1.29 is 0 Å². The van der Waals surface area contributed by atoms with E-state index in [4.69, 9.17) is 11.1 Å². The third kappa shape index (κ3) is 2.77.